The molecule has 0 aromatic heterocycles. The summed E-state index contributed by atoms with van der Waals surface area (Å²) in [6.45, 7) is 0. The maximum absolute atomic E-state index is 14.2. The zero-order valence-electron chi connectivity index (χ0n) is 15.1. The number of nitriles is 1. The third kappa shape index (κ3) is 2.86. The van der Waals surface area contributed by atoms with Crippen LogP contribution in [-0.2, 0) is 0 Å². The molecule has 1 unspecified atom stereocenters. The number of halogens is 3. The topological polar surface area (TPSA) is 50.1 Å². The van der Waals surface area contributed by atoms with Gasteiger partial charge < -0.3 is 4.74 Å². The molecule has 1 spiro atoms. The summed E-state index contributed by atoms with van der Waals surface area (Å²) in [5, 5.41) is 8.94. The van der Waals surface area contributed by atoms with E-state index < -0.39 is 34.5 Å². The molecule has 0 bridgehead atoms. The van der Waals surface area contributed by atoms with Crippen LogP contribution < -0.4 is 4.74 Å². The quantitative estimate of drug-likeness (QED) is 0.648. The van der Waals surface area contributed by atoms with E-state index in [0.29, 0.717) is 24.8 Å². The van der Waals surface area contributed by atoms with E-state index >= 15 is 0 Å². The minimum absolute atomic E-state index is 0.106. The zero-order valence-corrected chi connectivity index (χ0v) is 15.1. The van der Waals surface area contributed by atoms with Gasteiger partial charge in [0, 0.05) is 6.42 Å². The monoisotopic (exact) mass is 385 g/mol. The Morgan fingerprint density at radius 1 is 1.11 bits per heavy atom. The fourth-order valence-electron chi connectivity index (χ4n) is 4.50. The van der Waals surface area contributed by atoms with Gasteiger partial charge in [0.2, 0.25) is 0 Å². The van der Waals surface area contributed by atoms with Crippen molar-refractivity contribution < 1.29 is 22.7 Å². The number of benzene rings is 2. The van der Waals surface area contributed by atoms with Crippen LogP contribution in [0.4, 0.5) is 13.2 Å². The Labute approximate surface area is 160 Å². The minimum atomic E-state index is -1.27. The summed E-state index contributed by atoms with van der Waals surface area (Å²) in [7, 11) is 0. The highest BCUT2D eigenvalue weighted by molar-refractivity contribution is 6.02. The van der Waals surface area contributed by atoms with Gasteiger partial charge >= 0.3 is 0 Å². The van der Waals surface area contributed by atoms with Gasteiger partial charge in [-0.25, -0.2) is 13.2 Å². The molecular formula is C22H18F3NO2. The molecule has 3 nitrogen and oxygen atoms in total. The average molecular weight is 385 g/mol. The van der Waals surface area contributed by atoms with Crippen molar-refractivity contribution in [2.45, 2.75) is 44.1 Å². The molecular weight excluding hydrogens is 367 g/mol. The van der Waals surface area contributed by atoms with Crippen molar-refractivity contribution in [2.75, 3.05) is 0 Å². The molecule has 2 aliphatic rings. The van der Waals surface area contributed by atoms with Crippen molar-refractivity contribution >= 4 is 5.78 Å². The molecule has 1 atom stereocenters. The van der Waals surface area contributed by atoms with Crippen LogP contribution in [0.25, 0.3) is 11.1 Å². The summed E-state index contributed by atoms with van der Waals surface area (Å²) in [6, 6.07) is 7.97. The van der Waals surface area contributed by atoms with E-state index in [1.54, 1.807) is 0 Å². The lowest BCUT2D eigenvalue weighted by atomic mass is 9.75. The van der Waals surface area contributed by atoms with Crippen LogP contribution >= 0.6 is 0 Å². The van der Waals surface area contributed by atoms with Gasteiger partial charge in [-0.05, 0) is 61.9 Å². The first kappa shape index (κ1) is 18.5. The highest BCUT2D eigenvalue weighted by Gasteiger charge is 2.50. The van der Waals surface area contributed by atoms with Gasteiger partial charge in [0.05, 0.1) is 23.1 Å². The number of carbonyl (C=O) groups is 1. The van der Waals surface area contributed by atoms with Crippen molar-refractivity contribution in [3.05, 3.63) is 53.3 Å². The first-order chi connectivity index (χ1) is 13.5. The molecule has 0 radical (unpaired) electrons. The Balaban J connectivity index is 1.80. The van der Waals surface area contributed by atoms with Gasteiger partial charge in [-0.3, -0.25) is 4.79 Å². The number of ether oxygens (including phenoxy) is 1. The van der Waals surface area contributed by atoms with Crippen LogP contribution in [0.15, 0.2) is 30.3 Å². The number of hydrogen-bond acceptors (Lipinski definition) is 3. The fraction of sp³-hybridized carbons (Fsp3) is 0.364. The molecule has 1 aliphatic carbocycles. The summed E-state index contributed by atoms with van der Waals surface area (Å²) in [5.74, 6) is -3.55. The molecule has 0 amide bonds. The molecule has 6 heteroatoms. The van der Waals surface area contributed by atoms with Crippen molar-refractivity contribution in [3.8, 4) is 22.9 Å². The van der Waals surface area contributed by atoms with Crippen LogP contribution in [0.2, 0.25) is 0 Å². The van der Waals surface area contributed by atoms with E-state index in [0.717, 1.165) is 25.0 Å². The molecule has 4 rings (SSSR count). The number of rotatable bonds is 3. The molecule has 1 aliphatic heterocycles. The maximum Gasteiger partial charge on any atom is 0.173 e. The molecule has 1 fully saturated rings. The van der Waals surface area contributed by atoms with Crippen molar-refractivity contribution in [2.24, 2.45) is 5.92 Å². The van der Waals surface area contributed by atoms with Crippen LogP contribution in [0, 0.1) is 34.7 Å². The van der Waals surface area contributed by atoms with Crippen molar-refractivity contribution in [1.82, 2.24) is 0 Å². The summed E-state index contributed by atoms with van der Waals surface area (Å²) in [6.07, 6.45) is 3.90. The molecule has 0 saturated heterocycles. The van der Waals surface area contributed by atoms with Gasteiger partial charge in [0.25, 0.3) is 0 Å². The number of fused-ring (bicyclic) bond motifs is 1. The predicted molar refractivity (Wildman–Crippen MR) is 96.2 cm³/mol. The van der Waals surface area contributed by atoms with E-state index in [1.165, 1.54) is 18.2 Å². The largest absolute Gasteiger partial charge is 0.486 e. The zero-order chi connectivity index (χ0) is 19.9. The average Bonchev–Trinajstić information content (AvgIpc) is 3.13. The highest BCUT2D eigenvalue weighted by atomic mass is 19.2. The van der Waals surface area contributed by atoms with E-state index in [1.807, 2.05) is 0 Å². The van der Waals surface area contributed by atoms with E-state index in [9.17, 15) is 18.0 Å². The molecule has 1 heterocycles. The van der Waals surface area contributed by atoms with Crippen molar-refractivity contribution in [3.63, 3.8) is 0 Å². The second-order valence-electron chi connectivity index (χ2n) is 7.42. The Hall–Kier alpha value is -2.81. The van der Waals surface area contributed by atoms with Gasteiger partial charge in [-0.1, -0.05) is 6.07 Å². The van der Waals surface area contributed by atoms with Gasteiger partial charge in [0.15, 0.2) is 17.4 Å². The molecule has 144 valence electrons. The smallest absolute Gasteiger partial charge is 0.173 e. The molecule has 2 aromatic rings. The number of Topliss-reactive ketones (excluding diaryl/α,β-unsaturated/α-hetero) is 1. The lowest BCUT2D eigenvalue weighted by Gasteiger charge is -2.41. The second kappa shape index (κ2) is 6.97. The van der Waals surface area contributed by atoms with E-state index in [2.05, 4.69) is 6.07 Å². The van der Waals surface area contributed by atoms with Gasteiger partial charge in [-0.15, -0.1) is 0 Å². The second-order valence-corrected chi connectivity index (χ2v) is 7.42. The van der Waals surface area contributed by atoms with Crippen LogP contribution in [0.1, 0.15) is 48.9 Å². The van der Waals surface area contributed by atoms with E-state index in [-0.39, 0.29) is 23.5 Å². The number of ketones is 1. The van der Waals surface area contributed by atoms with Crippen molar-refractivity contribution in [1.29, 1.82) is 5.26 Å². The lowest BCUT2D eigenvalue weighted by molar-refractivity contribution is 0.00319. The lowest BCUT2D eigenvalue weighted by Crippen LogP contribution is -2.48. The molecule has 2 aromatic carbocycles. The molecule has 28 heavy (non-hydrogen) atoms. The molecule has 0 N–H and O–H groups in total. The fourth-order valence-corrected chi connectivity index (χ4v) is 4.50. The number of hydrogen-bond donors (Lipinski definition) is 0. The molecule has 1 saturated carbocycles. The van der Waals surface area contributed by atoms with Crippen LogP contribution in [0.5, 0.6) is 5.75 Å². The predicted octanol–water partition coefficient (Wildman–Crippen LogP) is 5.58. The van der Waals surface area contributed by atoms with Gasteiger partial charge in [0.1, 0.15) is 17.2 Å². The first-order valence-corrected chi connectivity index (χ1v) is 9.35. The summed E-state index contributed by atoms with van der Waals surface area (Å²) >= 11 is 0. The van der Waals surface area contributed by atoms with Crippen LogP contribution in [-0.4, -0.2) is 11.4 Å². The SMILES string of the molecule is N#CCCC1C(=O)c2ccc(-c3c(F)ccc(F)c3F)cc2OC12CCCC2. The normalized spacial score (nSPS) is 19.9. The Bertz CT molecular complexity index is 990. The third-order valence-electron chi connectivity index (χ3n) is 5.84. The summed E-state index contributed by atoms with van der Waals surface area (Å²) < 4.78 is 48.2. The Kier molecular flexibility index (Phi) is 4.62. The number of carbonyl (C=O) groups excluding carboxylic acids is 1. The maximum atomic E-state index is 14.2. The minimum Gasteiger partial charge on any atom is -0.486 e. The van der Waals surface area contributed by atoms with Crippen LogP contribution in [0.3, 0.4) is 0 Å². The van der Waals surface area contributed by atoms with E-state index in [4.69, 9.17) is 10.00 Å². The number of nitrogens with zero attached hydrogens (tertiary/aromatic N) is 1. The summed E-state index contributed by atoms with van der Waals surface area (Å²) in [5.41, 5.74) is -0.712. The summed E-state index contributed by atoms with van der Waals surface area (Å²) in [4.78, 5) is 13.1. The first-order valence-electron chi connectivity index (χ1n) is 9.35. The Morgan fingerprint density at radius 2 is 1.82 bits per heavy atom. The van der Waals surface area contributed by atoms with Gasteiger partial charge in [-0.2, -0.15) is 5.26 Å². The third-order valence-corrected chi connectivity index (χ3v) is 5.84. The standard InChI is InChI=1S/C22H18F3NO2/c23-16-7-8-17(24)20(25)19(16)13-5-6-14-18(12-13)28-22(9-1-2-10-22)15(21(14)27)4-3-11-26/h5-8,12,15H,1-4,9-10H2. The Morgan fingerprint density at radius 3 is 2.54 bits per heavy atom. The highest BCUT2D eigenvalue weighted by Crippen LogP contribution is 2.48.